The summed E-state index contributed by atoms with van der Waals surface area (Å²) in [5.41, 5.74) is 3.88. The van der Waals surface area contributed by atoms with Gasteiger partial charge in [0.2, 0.25) is 0 Å². The maximum atomic E-state index is 12.4. The number of ether oxygens (including phenoxy) is 1. The summed E-state index contributed by atoms with van der Waals surface area (Å²) >= 11 is 0. The summed E-state index contributed by atoms with van der Waals surface area (Å²) in [5.74, 6) is 1.09. The van der Waals surface area contributed by atoms with Crippen molar-refractivity contribution >= 4 is 5.91 Å². The van der Waals surface area contributed by atoms with Gasteiger partial charge >= 0.3 is 0 Å². The second-order valence-corrected chi connectivity index (χ2v) is 6.92. The Bertz CT molecular complexity index is 711. The summed E-state index contributed by atoms with van der Waals surface area (Å²) in [6.07, 6.45) is 4.11. The predicted molar refractivity (Wildman–Crippen MR) is 101 cm³/mol. The summed E-state index contributed by atoms with van der Waals surface area (Å²) in [5, 5.41) is 3.02. The lowest BCUT2D eigenvalue weighted by molar-refractivity contribution is -0.127. The molecule has 132 valence electrons. The molecule has 1 N–H and O–H groups in total. The molecule has 0 heterocycles. The molecule has 2 atom stereocenters. The van der Waals surface area contributed by atoms with Crippen LogP contribution in [0.3, 0.4) is 0 Å². The number of amides is 1. The second kappa shape index (κ2) is 8.19. The first-order chi connectivity index (χ1) is 12.1. The number of rotatable bonds is 6. The number of nitrogens with one attached hydrogen (secondary N) is 1. The summed E-state index contributed by atoms with van der Waals surface area (Å²) in [6.45, 7) is 4.56. The average molecular weight is 337 g/mol. The van der Waals surface area contributed by atoms with Crippen LogP contribution in [0, 0.1) is 0 Å². The van der Waals surface area contributed by atoms with Crippen LogP contribution < -0.4 is 10.1 Å². The maximum Gasteiger partial charge on any atom is 0.260 e. The Labute approximate surface area is 150 Å². The maximum absolute atomic E-state index is 12.4. The molecule has 3 rings (SSSR count). The summed E-state index contributed by atoms with van der Waals surface area (Å²) in [4.78, 5) is 12.4. The zero-order valence-electron chi connectivity index (χ0n) is 15.1. The third-order valence-electron chi connectivity index (χ3n) is 4.98. The Morgan fingerprint density at radius 2 is 1.80 bits per heavy atom. The molecular weight excluding hydrogens is 310 g/mol. The molecule has 0 saturated carbocycles. The van der Waals surface area contributed by atoms with Crippen molar-refractivity contribution in [2.75, 3.05) is 6.54 Å². The fraction of sp³-hybridized carbons (Fsp3) is 0.409. The monoisotopic (exact) mass is 337 g/mol. The van der Waals surface area contributed by atoms with Gasteiger partial charge in [0.1, 0.15) is 5.75 Å². The van der Waals surface area contributed by atoms with Crippen LogP contribution in [0.4, 0.5) is 0 Å². The summed E-state index contributed by atoms with van der Waals surface area (Å²) in [6, 6.07) is 16.4. The van der Waals surface area contributed by atoms with E-state index >= 15 is 0 Å². The van der Waals surface area contributed by atoms with Crippen molar-refractivity contribution in [3.05, 3.63) is 65.2 Å². The third-order valence-corrected chi connectivity index (χ3v) is 4.98. The van der Waals surface area contributed by atoms with Gasteiger partial charge in [-0.3, -0.25) is 4.79 Å². The number of aryl methyl sites for hydroxylation is 1. The highest BCUT2D eigenvalue weighted by molar-refractivity contribution is 5.80. The first kappa shape index (κ1) is 17.5. The van der Waals surface area contributed by atoms with Crippen molar-refractivity contribution in [2.45, 2.75) is 51.6 Å². The number of benzene rings is 2. The van der Waals surface area contributed by atoms with E-state index in [-0.39, 0.29) is 11.8 Å². The van der Waals surface area contributed by atoms with E-state index in [2.05, 4.69) is 30.4 Å². The van der Waals surface area contributed by atoms with Crippen LogP contribution >= 0.6 is 0 Å². The highest BCUT2D eigenvalue weighted by Crippen LogP contribution is 2.30. The highest BCUT2D eigenvalue weighted by atomic mass is 16.5. The van der Waals surface area contributed by atoms with Crippen LogP contribution in [0.2, 0.25) is 0 Å². The van der Waals surface area contributed by atoms with E-state index in [4.69, 9.17) is 4.74 Å². The molecular formula is C22H27NO2. The van der Waals surface area contributed by atoms with Gasteiger partial charge in [0.15, 0.2) is 6.10 Å². The SMILES string of the molecule is C[C@@H](Oc1cccc2c1CCCC2)C(=O)NC[C@H](C)c1ccccc1. The van der Waals surface area contributed by atoms with E-state index in [9.17, 15) is 4.79 Å². The van der Waals surface area contributed by atoms with Gasteiger partial charge in [0.05, 0.1) is 0 Å². The van der Waals surface area contributed by atoms with E-state index in [1.807, 2.05) is 37.3 Å². The lowest BCUT2D eigenvalue weighted by Gasteiger charge is -2.22. The fourth-order valence-electron chi connectivity index (χ4n) is 3.40. The zero-order chi connectivity index (χ0) is 17.6. The summed E-state index contributed by atoms with van der Waals surface area (Å²) < 4.78 is 6.00. The Morgan fingerprint density at radius 1 is 1.04 bits per heavy atom. The normalized spacial score (nSPS) is 15.8. The molecule has 1 aliphatic rings. The molecule has 3 heteroatoms. The molecule has 0 aromatic heterocycles. The van der Waals surface area contributed by atoms with Gasteiger partial charge < -0.3 is 10.1 Å². The smallest absolute Gasteiger partial charge is 0.260 e. The van der Waals surface area contributed by atoms with E-state index in [1.54, 1.807) is 0 Å². The number of carbonyl (C=O) groups is 1. The van der Waals surface area contributed by atoms with Gasteiger partial charge in [0.25, 0.3) is 5.91 Å². The van der Waals surface area contributed by atoms with Crippen LogP contribution in [-0.4, -0.2) is 18.6 Å². The van der Waals surface area contributed by atoms with Gasteiger partial charge in [-0.1, -0.05) is 49.4 Å². The Kier molecular flexibility index (Phi) is 5.75. The van der Waals surface area contributed by atoms with E-state index in [0.717, 1.165) is 18.6 Å². The molecule has 25 heavy (non-hydrogen) atoms. The minimum atomic E-state index is -0.489. The van der Waals surface area contributed by atoms with E-state index in [1.165, 1.54) is 29.5 Å². The van der Waals surface area contributed by atoms with Crippen LogP contribution in [-0.2, 0) is 17.6 Å². The number of hydrogen-bond acceptors (Lipinski definition) is 2. The van der Waals surface area contributed by atoms with Crippen molar-refractivity contribution in [1.29, 1.82) is 0 Å². The van der Waals surface area contributed by atoms with Crippen LogP contribution in [0.5, 0.6) is 5.75 Å². The van der Waals surface area contributed by atoms with Crippen LogP contribution in [0.15, 0.2) is 48.5 Å². The number of carbonyl (C=O) groups excluding carboxylic acids is 1. The highest BCUT2D eigenvalue weighted by Gasteiger charge is 2.19. The van der Waals surface area contributed by atoms with Gasteiger partial charge in [-0.2, -0.15) is 0 Å². The molecule has 2 aromatic carbocycles. The van der Waals surface area contributed by atoms with Crippen molar-refractivity contribution in [3.63, 3.8) is 0 Å². The minimum absolute atomic E-state index is 0.0591. The van der Waals surface area contributed by atoms with Crippen molar-refractivity contribution in [1.82, 2.24) is 5.32 Å². The topological polar surface area (TPSA) is 38.3 Å². The molecule has 0 bridgehead atoms. The Hall–Kier alpha value is -2.29. The molecule has 1 aliphatic carbocycles. The third kappa shape index (κ3) is 4.41. The molecule has 2 aromatic rings. The molecule has 0 saturated heterocycles. The first-order valence-corrected chi connectivity index (χ1v) is 9.25. The zero-order valence-corrected chi connectivity index (χ0v) is 15.1. The fourth-order valence-corrected chi connectivity index (χ4v) is 3.40. The van der Waals surface area contributed by atoms with Crippen molar-refractivity contribution in [3.8, 4) is 5.75 Å². The van der Waals surface area contributed by atoms with E-state index in [0.29, 0.717) is 6.54 Å². The number of hydrogen-bond donors (Lipinski definition) is 1. The lowest BCUT2D eigenvalue weighted by atomic mass is 9.91. The molecule has 0 radical (unpaired) electrons. The molecule has 3 nitrogen and oxygen atoms in total. The van der Waals surface area contributed by atoms with Gasteiger partial charge in [-0.15, -0.1) is 0 Å². The lowest BCUT2D eigenvalue weighted by Crippen LogP contribution is -2.38. The Morgan fingerprint density at radius 3 is 2.60 bits per heavy atom. The molecule has 0 fully saturated rings. The van der Waals surface area contributed by atoms with E-state index < -0.39 is 6.10 Å². The standard InChI is InChI=1S/C22H27NO2/c1-16(18-9-4-3-5-10-18)15-23-22(24)17(2)25-21-14-8-12-19-11-6-7-13-20(19)21/h3-5,8-10,12,14,16-17H,6-7,11,13,15H2,1-2H3,(H,23,24)/t16-,17+/m0/s1. The van der Waals surface area contributed by atoms with Gasteiger partial charge in [0, 0.05) is 6.54 Å². The summed E-state index contributed by atoms with van der Waals surface area (Å²) in [7, 11) is 0. The second-order valence-electron chi connectivity index (χ2n) is 6.92. The molecule has 0 aliphatic heterocycles. The number of fused-ring (bicyclic) bond motifs is 1. The molecule has 0 spiro atoms. The minimum Gasteiger partial charge on any atom is -0.481 e. The van der Waals surface area contributed by atoms with Crippen molar-refractivity contribution in [2.24, 2.45) is 0 Å². The molecule has 1 amide bonds. The molecule has 0 unspecified atom stereocenters. The predicted octanol–water partition coefficient (Wildman–Crippen LogP) is 4.25. The van der Waals surface area contributed by atoms with Crippen LogP contribution in [0.25, 0.3) is 0 Å². The first-order valence-electron chi connectivity index (χ1n) is 9.25. The van der Waals surface area contributed by atoms with Crippen molar-refractivity contribution < 1.29 is 9.53 Å². The average Bonchev–Trinajstić information content (AvgIpc) is 2.66. The van der Waals surface area contributed by atoms with Gasteiger partial charge in [-0.05, 0) is 61.3 Å². The Balaban J connectivity index is 1.56. The quantitative estimate of drug-likeness (QED) is 0.855. The van der Waals surface area contributed by atoms with Crippen LogP contribution in [0.1, 0.15) is 49.3 Å². The largest absolute Gasteiger partial charge is 0.481 e. The van der Waals surface area contributed by atoms with Gasteiger partial charge in [-0.25, -0.2) is 0 Å².